The number of nitrogens with two attached hydrogens (primary N) is 1. The van der Waals surface area contributed by atoms with E-state index in [2.05, 4.69) is 0 Å². The first-order valence-corrected chi connectivity index (χ1v) is 11.5. The van der Waals surface area contributed by atoms with Crippen molar-refractivity contribution < 1.29 is 14.7 Å². The summed E-state index contributed by atoms with van der Waals surface area (Å²) in [5.74, 6) is -0.475. The molecule has 1 heterocycles. The Morgan fingerprint density at radius 2 is 1.81 bits per heavy atom. The van der Waals surface area contributed by atoms with Crippen LogP contribution in [-0.2, 0) is 16.0 Å². The summed E-state index contributed by atoms with van der Waals surface area (Å²) in [5, 5.41) is 10.2. The fraction of sp³-hybridized carbons (Fsp3) is 0.652. The zero-order valence-corrected chi connectivity index (χ0v) is 19.8. The van der Waals surface area contributed by atoms with Crippen molar-refractivity contribution in [3.8, 4) is 0 Å². The quantitative estimate of drug-likeness (QED) is 0.639. The predicted molar refractivity (Wildman–Crippen MR) is 125 cm³/mol. The SMILES string of the molecule is C[C@H](CO)C(=O)N(C1CCCCC1)[C@H]1CCN(C(=O)[C@H](N)Cc2ccc(Cl)cc2)C1.Cl. The number of carbonyl (C=O) groups is 2. The summed E-state index contributed by atoms with van der Waals surface area (Å²) in [7, 11) is 0. The molecule has 174 valence electrons. The highest BCUT2D eigenvalue weighted by molar-refractivity contribution is 6.30. The first kappa shape index (κ1) is 25.9. The van der Waals surface area contributed by atoms with E-state index in [0.29, 0.717) is 24.5 Å². The highest BCUT2D eigenvalue weighted by Gasteiger charge is 2.39. The third-order valence-corrected chi connectivity index (χ3v) is 6.72. The van der Waals surface area contributed by atoms with Gasteiger partial charge in [-0.25, -0.2) is 0 Å². The van der Waals surface area contributed by atoms with Gasteiger partial charge in [0, 0.05) is 24.2 Å². The smallest absolute Gasteiger partial charge is 0.239 e. The molecule has 3 N–H and O–H groups in total. The number of hydrogen-bond donors (Lipinski definition) is 2. The molecule has 0 aromatic heterocycles. The molecule has 1 aromatic carbocycles. The van der Waals surface area contributed by atoms with Gasteiger partial charge in [-0.05, 0) is 43.4 Å². The fourth-order valence-corrected chi connectivity index (χ4v) is 4.84. The molecular weight excluding hydrogens is 437 g/mol. The summed E-state index contributed by atoms with van der Waals surface area (Å²) in [4.78, 5) is 29.8. The Bertz CT molecular complexity index is 725. The number of hydrogen-bond acceptors (Lipinski definition) is 4. The van der Waals surface area contributed by atoms with Crippen LogP contribution in [0.4, 0.5) is 0 Å². The standard InChI is InChI=1S/C23H34ClN3O3.ClH/c1-16(15-28)22(29)27(19-5-3-2-4-6-19)20-11-12-26(14-20)23(30)21(25)13-17-7-9-18(24)10-8-17;/h7-10,16,19-21,28H,2-6,11-15,25H2,1H3;1H/t16-,20+,21-;/m1./s1. The Balaban J connectivity index is 0.00000341. The van der Waals surface area contributed by atoms with Gasteiger partial charge in [0.05, 0.1) is 24.6 Å². The van der Waals surface area contributed by atoms with Crippen LogP contribution in [0.5, 0.6) is 0 Å². The van der Waals surface area contributed by atoms with E-state index in [1.165, 1.54) is 6.42 Å². The van der Waals surface area contributed by atoms with Crippen LogP contribution < -0.4 is 5.73 Å². The molecule has 1 aliphatic carbocycles. The second-order valence-electron chi connectivity index (χ2n) is 8.78. The number of likely N-dealkylation sites (tertiary alicyclic amines) is 1. The van der Waals surface area contributed by atoms with Crippen molar-refractivity contribution in [1.82, 2.24) is 9.80 Å². The third kappa shape index (κ3) is 6.58. The zero-order valence-electron chi connectivity index (χ0n) is 18.2. The van der Waals surface area contributed by atoms with Crippen molar-refractivity contribution in [3.05, 3.63) is 34.9 Å². The van der Waals surface area contributed by atoms with Crippen LogP contribution in [0.25, 0.3) is 0 Å². The summed E-state index contributed by atoms with van der Waals surface area (Å²) in [6, 6.07) is 6.99. The Morgan fingerprint density at radius 3 is 2.42 bits per heavy atom. The Kier molecular flexibility index (Phi) is 10.1. The van der Waals surface area contributed by atoms with Crippen molar-refractivity contribution in [2.24, 2.45) is 11.7 Å². The van der Waals surface area contributed by atoms with Crippen LogP contribution in [0.15, 0.2) is 24.3 Å². The molecule has 1 saturated heterocycles. The largest absolute Gasteiger partial charge is 0.396 e. The molecule has 2 aliphatic rings. The maximum atomic E-state index is 13.1. The van der Waals surface area contributed by atoms with Gasteiger partial charge in [0.1, 0.15) is 0 Å². The van der Waals surface area contributed by atoms with Gasteiger partial charge in [-0.3, -0.25) is 9.59 Å². The second-order valence-corrected chi connectivity index (χ2v) is 9.22. The Hall–Kier alpha value is -1.34. The number of benzene rings is 1. The summed E-state index contributed by atoms with van der Waals surface area (Å²) < 4.78 is 0. The van der Waals surface area contributed by atoms with Crippen LogP contribution in [0, 0.1) is 5.92 Å². The number of nitrogens with zero attached hydrogens (tertiary/aromatic N) is 2. The summed E-state index contributed by atoms with van der Waals surface area (Å²) in [6.45, 7) is 2.76. The number of carbonyl (C=O) groups excluding carboxylic acids is 2. The van der Waals surface area contributed by atoms with Crippen molar-refractivity contribution >= 4 is 35.8 Å². The lowest BCUT2D eigenvalue weighted by atomic mass is 9.92. The van der Waals surface area contributed by atoms with Gasteiger partial charge < -0.3 is 20.6 Å². The molecule has 3 atom stereocenters. The van der Waals surface area contributed by atoms with Gasteiger partial charge >= 0.3 is 0 Å². The van der Waals surface area contributed by atoms with Crippen molar-refractivity contribution in [2.45, 2.75) is 70.0 Å². The Labute approximate surface area is 196 Å². The molecular formula is C23H35Cl2N3O3. The molecule has 1 aliphatic heterocycles. The molecule has 0 spiro atoms. The fourth-order valence-electron chi connectivity index (χ4n) is 4.72. The molecule has 0 unspecified atom stereocenters. The molecule has 0 bridgehead atoms. The minimum atomic E-state index is -0.611. The van der Waals surface area contributed by atoms with Crippen LogP contribution in [0.3, 0.4) is 0 Å². The van der Waals surface area contributed by atoms with Crippen LogP contribution in [-0.4, -0.2) is 64.5 Å². The normalized spacial score (nSPS) is 21.3. The minimum Gasteiger partial charge on any atom is -0.396 e. The zero-order chi connectivity index (χ0) is 21.7. The van der Waals surface area contributed by atoms with Gasteiger partial charge in [-0.15, -0.1) is 12.4 Å². The lowest BCUT2D eigenvalue weighted by molar-refractivity contribution is -0.143. The topological polar surface area (TPSA) is 86.9 Å². The molecule has 2 amide bonds. The summed E-state index contributed by atoms with van der Waals surface area (Å²) >= 11 is 5.93. The van der Waals surface area contributed by atoms with Crippen molar-refractivity contribution in [2.75, 3.05) is 19.7 Å². The molecule has 3 rings (SSSR count). The average Bonchev–Trinajstić information content (AvgIpc) is 3.24. The number of aliphatic hydroxyl groups excluding tert-OH is 1. The molecule has 31 heavy (non-hydrogen) atoms. The van der Waals surface area contributed by atoms with Crippen molar-refractivity contribution in [1.29, 1.82) is 0 Å². The van der Waals surface area contributed by atoms with E-state index in [1.807, 2.05) is 17.0 Å². The maximum absolute atomic E-state index is 13.1. The lowest BCUT2D eigenvalue weighted by Crippen LogP contribution is -2.52. The molecule has 0 radical (unpaired) electrons. The number of amides is 2. The Morgan fingerprint density at radius 1 is 1.16 bits per heavy atom. The minimum absolute atomic E-state index is 0. The third-order valence-electron chi connectivity index (χ3n) is 6.47. The number of aliphatic hydroxyl groups is 1. The van der Waals surface area contributed by atoms with E-state index in [-0.39, 0.29) is 42.9 Å². The van der Waals surface area contributed by atoms with E-state index < -0.39 is 12.0 Å². The molecule has 1 aromatic rings. The monoisotopic (exact) mass is 471 g/mol. The predicted octanol–water partition coefficient (Wildman–Crippen LogP) is 3.02. The van der Waals surface area contributed by atoms with Crippen LogP contribution in [0.1, 0.15) is 51.0 Å². The summed E-state index contributed by atoms with van der Waals surface area (Å²) in [6.07, 6.45) is 6.70. The van der Waals surface area contributed by atoms with Gasteiger partial charge in [-0.2, -0.15) is 0 Å². The summed E-state index contributed by atoms with van der Waals surface area (Å²) in [5.41, 5.74) is 7.20. The lowest BCUT2D eigenvalue weighted by Gasteiger charge is -2.40. The highest BCUT2D eigenvalue weighted by atomic mass is 35.5. The van der Waals surface area contributed by atoms with Gasteiger partial charge in [0.2, 0.25) is 11.8 Å². The maximum Gasteiger partial charge on any atom is 0.239 e. The second kappa shape index (κ2) is 12.0. The number of rotatable bonds is 7. The van der Waals surface area contributed by atoms with Crippen LogP contribution in [0.2, 0.25) is 5.02 Å². The van der Waals surface area contributed by atoms with E-state index in [0.717, 1.165) is 37.7 Å². The van der Waals surface area contributed by atoms with Gasteiger partial charge in [0.15, 0.2) is 0 Å². The van der Waals surface area contributed by atoms with E-state index in [9.17, 15) is 14.7 Å². The van der Waals surface area contributed by atoms with E-state index in [4.69, 9.17) is 17.3 Å². The number of halogens is 2. The van der Waals surface area contributed by atoms with Crippen LogP contribution >= 0.6 is 24.0 Å². The average molecular weight is 472 g/mol. The van der Waals surface area contributed by atoms with E-state index >= 15 is 0 Å². The van der Waals surface area contributed by atoms with Crippen molar-refractivity contribution in [3.63, 3.8) is 0 Å². The highest BCUT2D eigenvalue weighted by Crippen LogP contribution is 2.29. The first-order chi connectivity index (χ1) is 14.4. The first-order valence-electron chi connectivity index (χ1n) is 11.1. The molecule has 8 heteroatoms. The van der Waals surface area contributed by atoms with Gasteiger partial charge in [0.25, 0.3) is 0 Å². The molecule has 6 nitrogen and oxygen atoms in total. The molecule has 1 saturated carbocycles. The van der Waals surface area contributed by atoms with E-state index in [1.54, 1.807) is 24.0 Å². The van der Waals surface area contributed by atoms with Gasteiger partial charge in [-0.1, -0.05) is 49.9 Å². The molecule has 2 fully saturated rings.